The van der Waals surface area contributed by atoms with Gasteiger partial charge in [0.05, 0.1) is 27.9 Å². The molecular formula is C25H21BrN2O3S2. The summed E-state index contributed by atoms with van der Waals surface area (Å²) in [6, 6.07) is 15.3. The van der Waals surface area contributed by atoms with Gasteiger partial charge < -0.3 is 9.47 Å². The molecule has 1 saturated heterocycles. The summed E-state index contributed by atoms with van der Waals surface area (Å²) in [5.41, 5.74) is 4.67. The molecule has 168 valence electrons. The van der Waals surface area contributed by atoms with E-state index >= 15 is 0 Å². The van der Waals surface area contributed by atoms with Gasteiger partial charge in [-0.1, -0.05) is 36.1 Å². The van der Waals surface area contributed by atoms with Gasteiger partial charge in [-0.05, 0) is 88.9 Å². The minimum atomic E-state index is -0.140. The van der Waals surface area contributed by atoms with Crippen LogP contribution in [-0.4, -0.2) is 22.3 Å². The van der Waals surface area contributed by atoms with E-state index in [-0.39, 0.29) is 5.91 Å². The van der Waals surface area contributed by atoms with Gasteiger partial charge in [-0.25, -0.2) is 0 Å². The number of aryl methyl sites for hydroxylation is 2. The number of thioether (sulfide) groups is 1. The van der Waals surface area contributed by atoms with Crippen LogP contribution in [0.3, 0.4) is 0 Å². The molecule has 1 aliphatic heterocycles. The Bertz CT molecular complexity index is 1260. The molecule has 1 aliphatic rings. The maximum Gasteiger partial charge on any atom is 0.270 e. The topological polar surface area (TPSA) is 51.7 Å². The molecule has 2 aromatic carbocycles. The Balaban J connectivity index is 1.59. The summed E-state index contributed by atoms with van der Waals surface area (Å²) < 4.78 is 12.7. The fourth-order valence-corrected chi connectivity index (χ4v) is 5.17. The van der Waals surface area contributed by atoms with E-state index in [4.69, 9.17) is 21.7 Å². The molecule has 33 heavy (non-hydrogen) atoms. The zero-order chi connectivity index (χ0) is 23.5. The standard InChI is InChI=1S/C25H21BrN2O3S2/c1-15-7-8-19(10-16(15)2)28-24(29)22(33-25(28)32)13-17-11-20(26)23(21(12-17)30-3)31-14-18-6-4-5-9-27-18/h4-13H,14H2,1-3H3. The molecule has 0 aliphatic carbocycles. The summed E-state index contributed by atoms with van der Waals surface area (Å²) in [6.45, 7) is 4.37. The van der Waals surface area contributed by atoms with Gasteiger partial charge in [-0.15, -0.1) is 0 Å². The number of thiocarbonyl (C=S) groups is 1. The molecule has 3 aromatic rings. The molecule has 2 heterocycles. The number of aromatic nitrogens is 1. The molecule has 0 spiro atoms. The first-order valence-corrected chi connectivity index (χ1v) is 12.1. The van der Waals surface area contributed by atoms with Gasteiger partial charge in [0.25, 0.3) is 5.91 Å². The number of halogens is 1. The highest BCUT2D eigenvalue weighted by molar-refractivity contribution is 9.10. The third-order valence-corrected chi connectivity index (χ3v) is 7.07. The normalized spacial score (nSPS) is 14.8. The van der Waals surface area contributed by atoms with Crippen LogP contribution in [0.1, 0.15) is 22.4 Å². The Morgan fingerprint density at radius 1 is 1.15 bits per heavy atom. The Labute approximate surface area is 210 Å². The monoisotopic (exact) mass is 540 g/mol. The number of carbonyl (C=O) groups is 1. The number of methoxy groups -OCH3 is 1. The highest BCUT2D eigenvalue weighted by Crippen LogP contribution is 2.40. The Morgan fingerprint density at radius 2 is 1.97 bits per heavy atom. The van der Waals surface area contributed by atoms with E-state index in [1.165, 1.54) is 17.3 Å². The lowest BCUT2D eigenvalue weighted by Gasteiger charge is -2.16. The van der Waals surface area contributed by atoms with Crippen molar-refractivity contribution in [2.45, 2.75) is 20.5 Å². The van der Waals surface area contributed by atoms with Gasteiger partial charge in [0.1, 0.15) is 6.61 Å². The van der Waals surface area contributed by atoms with E-state index in [1.54, 1.807) is 18.2 Å². The molecule has 0 atom stereocenters. The van der Waals surface area contributed by atoms with Crippen LogP contribution in [-0.2, 0) is 11.4 Å². The van der Waals surface area contributed by atoms with Crippen molar-refractivity contribution in [3.05, 3.63) is 86.5 Å². The molecule has 8 heteroatoms. The molecular weight excluding hydrogens is 520 g/mol. The van der Waals surface area contributed by atoms with Crippen molar-refractivity contribution in [3.8, 4) is 11.5 Å². The number of hydrogen-bond acceptors (Lipinski definition) is 6. The Hall–Kier alpha value is -2.68. The maximum absolute atomic E-state index is 13.2. The molecule has 1 aromatic heterocycles. The summed E-state index contributed by atoms with van der Waals surface area (Å²) in [4.78, 5) is 19.6. The Kier molecular flexibility index (Phi) is 7.17. The van der Waals surface area contributed by atoms with E-state index in [1.807, 2.05) is 68.5 Å². The first-order valence-electron chi connectivity index (χ1n) is 10.1. The van der Waals surface area contributed by atoms with Crippen molar-refractivity contribution >= 4 is 61.9 Å². The lowest BCUT2D eigenvalue weighted by atomic mass is 10.1. The molecule has 4 rings (SSSR count). The van der Waals surface area contributed by atoms with Gasteiger partial charge in [0.2, 0.25) is 0 Å². The summed E-state index contributed by atoms with van der Waals surface area (Å²) >= 11 is 10.4. The van der Waals surface area contributed by atoms with E-state index in [0.717, 1.165) is 22.5 Å². The zero-order valence-electron chi connectivity index (χ0n) is 18.3. The van der Waals surface area contributed by atoms with Gasteiger partial charge in [0, 0.05) is 6.20 Å². The van der Waals surface area contributed by atoms with Crippen molar-refractivity contribution in [1.82, 2.24) is 4.98 Å². The molecule has 0 unspecified atom stereocenters. The molecule has 0 radical (unpaired) electrons. The molecule has 0 N–H and O–H groups in total. The second-order valence-electron chi connectivity index (χ2n) is 7.43. The number of rotatable bonds is 6. The number of benzene rings is 2. The molecule has 0 saturated carbocycles. The van der Waals surface area contributed by atoms with Gasteiger partial charge in [-0.2, -0.15) is 0 Å². The molecule has 0 bridgehead atoms. The van der Waals surface area contributed by atoms with Gasteiger partial charge >= 0.3 is 0 Å². The number of anilines is 1. The van der Waals surface area contributed by atoms with Gasteiger partial charge in [0.15, 0.2) is 15.8 Å². The highest BCUT2D eigenvalue weighted by atomic mass is 79.9. The minimum absolute atomic E-state index is 0.140. The van der Waals surface area contributed by atoms with Crippen molar-refractivity contribution < 1.29 is 14.3 Å². The number of hydrogen-bond donors (Lipinski definition) is 0. The quantitative estimate of drug-likeness (QED) is 0.264. The number of carbonyl (C=O) groups excluding carboxylic acids is 1. The summed E-state index contributed by atoms with van der Waals surface area (Å²) in [7, 11) is 1.58. The zero-order valence-corrected chi connectivity index (χ0v) is 21.5. The van der Waals surface area contributed by atoms with Crippen LogP contribution >= 0.6 is 39.9 Å². The number of amides is 1. The molecule has 1 amide bonds. The van der Waals surface area contributed by atoms with Crippen molar-refractivity contribution in [2.75, 3.05) is 12.0 Å². The third-order valence-electron chi connectivity index (χ3n) is 5.18. The van der Waals surface area contributed by atoms with E-state index in [0.29, 0.717) is 31.8 Å². The van der Waals surface area contributed by atoms with Crippen molar-refractivity contribution in [3.63, 3.8) is 0 Å². The van der Waals surface area contributed by atoms with Crippen LogP contribution < -0.4 is 14.4 Å². The smallest absolute Gasteiger partial charge is 0.270 e. The average Bonchev–Trinajstić information content (AvgIpc) is 3.08. The summed E-state index contributed by atoms with van der Waals surface area (Å²) in [5.74, 6) is 0.984. The second-order valence-corrected chi connectivity index (χ2v) is 9.96. The SMILES string of the molecule is COc1cc(C=C2SC(=S)N(c3ccc(C)c(C)c3)C2=O)cc(Br)c1OCc1ccccn1. The number of nitrogens with zero attached hydrogens (tertiary/aromatic N) is 2. The predicted octanol–water partition coefficient (Wildman–Crippen LogP) is 6.45. The van der Waals surface area contributed by atoms with E-state index < -0.39 is 0 Å². The molecule has 1 fully saturated rings. The van der Waals surface area contributed by atoms with Crippen molar-refractivity contribution in [2.24, 2.45) is 0 Å². The third kappa shape index (κ3) is 5.13. The van der Waals surface area contributed by atoms with Crippen molar-refractivity contribution in [1.29, 1.82) is 0 Å². The van der Waals surface area contributed by atoms with Crippen LogP contribution in [0.5, 0.6) is 11.5 Å². The lowest BCUT2D eigenvalue weighted by molar-refractivity contribution is -0.113. The minimum Gasteiger partial charge on any atom is -0.493 e. The highest BCUT2D eigenvalue weighted by Gasteiger charge is 2.33. The van der Waals surface area contributed by atoms with Crippen LogP contribution in [0.25, 0.3) is 6.08 Å². The van der Waals surface area contributed by atoms with E-state index in [9.17, 15) is 4.79 Å². The summed E-state index contributed by atoms with van der Waals surface area (Å²) in [5, 5.41) is 0. The average molecular weight is 541 g/mol. The fourth-order valence-electron chi connectivity index (χ4n) is 3.30. The fraction of sp³-hybridized carbons (Fsp3) is 0.160. The van der Waals surface area contributed by atoms with Crippen LogP contribution in [0, 0.1) is 13.8 Å². The first-order chi connectivity index (χ1) is 15.9. The lowest BCUT2D eigenvalue weighted by Crippen LogP contribution is -2.27. The van der Waals surface area contributed by atoms with Gasteiger partial charge in [-0.3, -0.25) is 14.7 Å². The van der Waals surface area contributed by atoms with E-state index in [2.05, 4.69) is 20.9 Å². The van der Waals surface area contributed by atoms with Crippen LogP contribution in [0.15, 0.2) is 64.1 Å². The predicted molar refractivity (Wildman–Crippen MR) is 141 cm³/mol. The molecule has 5 nitrogen and oxygen atoms in total. The first kappa shape index (κ1) is 23.5. The maximum atomic E-state index is 13.2. The Morgan fingerprint density at radius 3 is 2.67 bits per heavy atom. The number of ether oxygens (including phenoxy) is 2. The second kappa shape index (κ2) is 10.1. The van der Waals surface area contributed by atoms with Crippen LogP contribution in [0.4, 0.5) is 5.69 Å². The summed E-state index contributed by atoms with van der Waals surface area (Å²) in [6.07, 6.45) is 3.54. The van der Waals surface area contributed by atoms with Crippen LogP contribution in [0.2, 0.25) is 0 Å². The largest absolute Gasteiger partial charge is 0.493 e. The number of pyridine rings is 1.